The Kier molecular flexibility index (Phi) is 6.79. The van der Waals surface area contributed by atoms with Crippen molar-refractivity contribution in [1.82, 2.24) is 14.9 Å². The highest BCUT2D eigenvalue weighted by Gasteiger charge is 2.26. The van der Waals surface area contributed by atoms with Crippen LogP contribution in [0.2, 0.25) is 0 Å². The van der Waals surface area contributed by atoms with Gasteiger partial charge in [-0.25, -0.2) is 13.4 Å². The average Bonchev–Trinajstić information content (AvgIpc) is 3.52. The number of rotatable bonds is 5. The summed E-state index contributed by atoms with van der Waals surface area (Å²) in [4.78, 5) is 14.3. The van der Waals surface area contributed by atoms with Crippen molar-refractivity contribution in [3.63, 3.8) is 0 Å². The van der Waals surface area contributed by atoms with Crippen LogP contribution < -0.4 is 15.0 Å². The highest BCUT2D eigenvalue weighted by Crippen LogP contribution is 2.32. The summed E-state index contributed by atoms with van der Waals surface area (Å²) >= 11 is 0. The first-order valence-corrected chi connectivity index (χ1v) is 14.2. The van der Waals surface area contributed by atoms with Crippen molar-refractivity contribution in [2.45, 2.75) is 44.6 Å². The van der Waals surface area contributed by atoms with Crippen LogP contribution in [0, 0.1) is 11.8 Å². The fourth-order valence-electron chi connectivity index (χ4n) is 5.10. The number of benzene rings is 1. The predicted octanol–water partition coefficient (Wildman–Crippen LogP) is 2.68. The van der Waals surface area contributed by atoms with E-state index in [4.69, 9.17) is 14.7 Å². The van der Waals surface area contributed by atoms with Crippen molar-refractivity contribution >= 4 is 32.5 Å². The first-order chi connectivity index (χ1) is 16.5. The van der Waals surface area contributed by atoms with Crippen LogP contribution in [0.5, 0.6) is 5.75 Å². The maximum Gasteiger partial charge on any atom is 0.227 e. The third-order valence-corrected chi connectivity index (χ3v) is 8.74. The van der Waals surface area contributed by atoms with Gasteiger partial charge in [0, 0.05) is 24.5 Å². The van der Waals surface area contributed by atoms with Crippen LogP contribution in [0.25, 0.3) is 10.9 Å². The van der Waals surface area contributed by atoms with Gasteiger partial charge in [-0.1, -0.05) is 11.8 Å². The molecule has 3 fully saturated rings. The molecule has 0 spiro atoms. The number of hydrogen-bond acceptors (Lipinski definition) is 8. The molecule has 8 nitrogen and oxygen atoms in total. The van der Waals surface area contributed by atoms with Gasteiger partial charge < -0.3 is 15.0 Å². The lowest BCUT2D eigenvalue weighted by atomic mass is 10.1. The second-order valence-corrected chi connectivity index (χ2v) is 11.7. The lowest BCUT2D eigenvalue weighted by molar-refractivity contribution is 0.383. The zero-order chi connectivity index (χ0) is 23.5. The Morgan fingerprint density at radius 1 is 1.09 bits per heavy atom. The molecule has 34 heavy (non-hydrogen) atoms. The number of nitrogens with one attached hydrogen (secondary N) is 1. The third-order valence-electron chi connectivity index (χ3n) is 6.92. The van der Waals surface area contributed by atoms with E-state index in [-0.39, 0.29) is 17.5 Å². The molecule has 1 N–H and O–H groups in total. The molecule has 182 valence electrons. The molecule has 0 aliphatic carbocycles. The molecule has 1 unspecified atom stereocenters. The number of anilines is 2. The molecule has 2 aromatic rings. The molecule has 1 atom stereocenters. The minimum absolute atomic E-state index is 0.134. The third kappa shape index (κ3) is 5.23. The Bertz CT molecular complexity index is 1210. The fourth-order valence-corrected chi connectivity index (χ4v) is 6.73. The Hall–Kier alpha value is -2.57. The van der Waals surface area contributed by atoms with Crippen molar-refractivity contribution in [1.29, 1.82) is 0 Å². The van der Waals surface area contributed by atoms with Crippen molar-refractivity contribution in [3.8, 4) is 17.6 Å². The van der Waals surface area contributed by atoms with Gasteiger partial charge in [0.15, 0.2) is 9.84 Å². The van der Waals surface area contributed by atoms with Crippen LogP contribution in [0.4, 0.5) is 11.8 Å². The topological polar surface area (TPSA) is 87.7 Å². The molecule has 1 aromatic heterocycles. The van der Waals surface area contributed by atoms with E-state index >= 15 is 0 Å². The number of aromatic nitrogens is 2. The number of nitrogens with zero attached hydrogens (tertiary/aromatic N) is 4. The average molecular weight is 484 g/mol. The summed E-state index contributed by atoms with van der Waals surface area (Å²) in [6.45, 7) is 4.85. The van der Waals surface area contributed by atoms with Gasteiger partial charge in [-0.3, -0.25) is 4.90 Å². The molecule has 3 aliphatic heterocycles. The summed E-state index contributed by atoms with van der Waals surface area (Å²) in [5.41, 5.74) is 1.61. The van der Waals surface area contributed by atoms with Gasteiger partial charge in [0.2, 0.25) is 5.95 Å². The number of methoxy groups -OCH3 is 1. The molecular formula is C25H33N5O3S. The van der Waals surface area contributed by atoms with Gasteiger partial charge in [-0.2, -0.15) is 4.98 Å². The van der Waals surface area contributed by atoms with Crippen molar-refractivity contribution < 1.29 is 13.2 Å². The quantitative estimate of drug-likeness (QED) is 0.650. The molecule has 0 saturated carbocycles. The van der Waals surface area contributed by atoms with Crippen LogP contribution >= 0.6 is 0 Å². The van der Waals surface area contributed by atoms with E-state index in [1.54, 1.807) is 7.11 Å². The van der Waals surface area contributed by atoms with Crippen LogP contribution in [-0.2, 0) is 9.84 Å². The van der Waals surface area contributed by atoms with E-state index in [0.29, 0.717) is 23.9 Å². The summed E-state index contributed by atoms with van der Waals surface area (Å²) in [5, 5.41) is 4.27. The van der Waals surface area contributed by atoms with Gasteiger partial charge in [0.1, 0.15) is 11.6 Å². The second kappa shape index (κ2) is 9.96. The van der Waals surface area contributed by atoms with Crippen molar-refractivity contribution in [2.75, 3.05) is 61.6 Å². The van der Waals surface area contributed by atoms with E-state index in [1.165, 1.54) is 12.8 Å². The maximum absolute atomic E-state index is 12.2. The first kappa shape index (κ1) is 23.2. The minimum atomic E-state index is -3.03. The largest absolute Gasteiger partial charge is 0.495 e. The number of fused-ring (bicyclic) bond motifs is 1. The molecule has 0 amide bonds. The Balaban J connectivity index is 1.52. The van der Waals surface area contributed by atoms with Crippen LogP contribution in [0.1, 0.15) is 44.1 Å². The lowest BCUT2D eigenvalue weighted by Crippen LogP contribution is -2.35. The fraction of sp³-hybridized carbons (Fsp3) is 0.600. The predicted molar refractivity (Wildman–Crippen MR) is 135 cm³/mol. The SMILES string of the molecule is COc1cc2c(NC3CCCS(=O)(=O)C3)nc(N3CCCC3)nc2cc1C#CCN1CCCC1. The van der Waals surface area contributed by atoms with E-state index in [9.17, 15) is 8.42 Å². The molecule has 0 radical (unpaired) electrons. The lowest BCUT2D eigenvalue weighted by Gasteiger charge is -2.25. The highest BCUT2D eigenvalue weighted by molar-refractivity contribution is 7.91. The Labute approximate surface area is 202 Å². The molecule has 9 heteroatoms. The van der Waals surface area contributed by atoms with Gasteiger partial charge in [-0.05, 0) is 63.7 Å². The number of sulfone groups is 1. The van der Waals surface area contributed by atoms with Gasteiger partial charge in [0.25, 0.3) is 0 Å². The highest BCUT2D eigenvalue weighted by atomic mass is 32.2. The summed E-state index contributed by atoms with van der Waals surface area (Å²) in [7, 11) is -1.39. The van der Waals surface area contributed by atoms with E-state index in [1.807, 2.05) is 12.1 Å². The zero-order valence-electron chi connectivity index (χ0n) is 19.8. The monoisotopic (exact) mass is 483 g/mol. The summed E-state index contributed by atoms with van der Waals surface area (Å²) < 4.78 is 30.1. The number of hydrogen-bond donors (Lipinski definition) is 1. The molecule has 4 heterocycles. The normalized spacial score (nSPS) is 22.5. The van der Waals surface area contributed by atoms with Gasteiger partial charge >= 0.3 is 0 Å². The minimum Gasteiger partial charge on any atom is -0.495 e. The maximum atomic E-state index is 12.2. The smallest absolute Gasteiger partial charge is 0.227 e. The molecule has 5 rings (SSSR count). The summed E-state index contributed by atoms with van der Waals surface area (Å²) in [5.74, 6) is 9.03. The molecule has 0 bridgehead atoms. The molecule has 3 aliphatic rings. The van der Waals surface area contributed by atoms with E-state index in [2.05, 4.69) is 27.0 Å². The molecular weight excluding hydrogens is 450 g/mol. The number of ether oxygens (including phenoxy) is 1. The van der Waals surface area contributed by atoms with Gasteiger partial charge in [0.05, 0.1) is 36.2 Å². The Morgan fingerprint density at radius 2 is 1.85 bits per heavy atom. The first-order valence-electron chi connectivity index (χ1n) is 12.3. The summed E-state index contributed by atoms with van der Waals surface area (Å²) in [6, 6.07) is 3.76. The van der Waals surface area contributed by atoms with Crippen LogP contribution in [0.15, 0.2) is 12.1 Å². The van der Waals surface area contributed by atoms with Crippen LogP contribution in [-0.4, -0.2) is 80.7 Å². The second-order valence-electron chi connectivity index (χ2n) is 9.52. The standard InChI is InChI=1S/C25H33N5O3S/c1-33-23-17-21-22(16-19(23)8-6-12-29-10-2-3-11-29)27-25(30-13-4-5-14-30)28-24(21)26-20-9-7-15-34(31,32)18-20/h16-17,20H,2-5,7,9-15,18H2,1H3,(H,26,27,28). The van der Waals surface area contributed by atoms with Crippen LogP contribution in [0.3, 0.4) is 0 Å². The Morgan fingerprint density at radius 3 is 2.59 bits per heavy atom. The van der Waals surface area contributed by atoms with E-state index < -0.39 is 9.84 Å². The van der Waals surface area contributed by atoms with Gasteiger partial charge in [-0.15, -0.1) is 0 Å². The van der Waals surface area contributed by atoms with E-state index in [0.717, 1.165) is 68.5 Å². The van der Waals surface area contributed by atoms with Crippen molar-refractivity contribution in [3.05, 3.63) is 17.7 Å². The number of likely N-dealkylation sites (tertiary alicyclic amines) is 1. The van der Waals surface area contributed by atoms with Crippen molar-refractivity contribution in [2.24, 2.45) is 0 Å². The summed E-state index contributed by atoms with van der Waals surface area (Å²) in [6.07, 6.45) is 6.22. The molecule has 3 saturated heterocycles. The zero-order valence-corrected chi connectivity index (χ0v) is 20.7. The molecule has 1 aromatic carbocycles.